The summed E-state index contributed by atoms with van der Waals surface area (Å²) in [6, 6.07) is 0. The van der Waals surface area contributed by atoms with E-state index < -0.39 is 0 Å². The first-order valence-corrected chi connectivity index (χ1v) is 6.98. The fourth-order valence-electron chi connectivity index (χ4n) is 2.28. The molecule has 1 aliphatic heterocycles. The lowest BCUT2D eigenvalue weighted by molar-refractivity contribution is 0.114. The van der Waals surface area contributed by atoms with Crippen LogP contribution < -0.4 is 5.73 Å². The molecule has 1 rings (SSSR count). The first kappa shape index (κ1) is 14.9. The Morgan fingerprint density at radius 2 is 1.88 bits per heavy atom. The molecule has 0 aromatic rings. The minimum atomic E-state index is 0.616. The van der Waals surface area contributed by atoms with Gasteiger partial charge in [-0.3, -0.25) is 4.90 Å². The summed E-state index contributed by atoms with van der Waals surface area (Å²) in [7, 11) is 0. The minimum Gasteiger partial charge on any atom is -0.380 e. The Hall–Kier alpha value is -0.160. The van der Waals surface area contributed by atoms with Gasteiger partial charge in [-0.1, -0.05) is 6.92 Å². The zero-order chi connectivity index (χ0) is 12.5. The third-order valence-electron chi connectivity index (χ3n) is 3.41. The highest BCUT2D eigenvalue weighted by molar-refractivity contribution is 4.71. The SMILES string of the molecule is CCOCCN1CCCN(CC(C)CN)CC1. The molecule has 1 atom stereocenters. The van der Waals surface area contributed by atoms with Crippen LogP contribution >= 0.6 is 0 Å². The molecule has 0 radical (unpaired) electrons. The van der Waals surface area contributed by atoms with E-state index >= 15 is 0 Å². The van der Waals surface area contributed by atoms with Crippen LogP contribution in [0.15, 0.2) is 0 Å². The van der Waals surface area contributed by atoms with Crippen LogP contribution in [0.3, 0.4) is 0 Å². The molecule has 1 fully saturated rings. The summed E-state index contributed by atoms with van der Waals surface area (Å²) in [6.45, 7) is 13.8. The van der Waals surface area contributed by atoms with Gasteiger partial charge in [0.15, 0.2) is 0 Å². The second-order valence-electron chi connectivity index (χ2n) is 5.03. The molecular formula is C13H29N3O. The van der Waals surface area contributed by atoms with Crippen LogP contribution in [0.25, 0.3) is 0 Å². The maximum absolute atomic E-state index is 5.68. The molecule has 1 unspecified atom stereocenters. The van der Waals surface area contributed by atoms with E-state index in [0.29, 0.717) is 5.92 Å². The Kier molecular flexibility index (Phi) is 7.77. The molecule has 0 aromatic heterocycles. The van der Waals surface area contributed by atoms with Crippen molar-refractivity contribution in [2.24, 2.45) is 11.7 Å². The summed E-state index contributed by atoms with van der Waals surface area (Å²) in [4.78, 5) is 5.07. The molecule has 0 aliphatic carbocycles. The Morgan fingerprint density at radius 1 is 1.18 bits per heavy atom. The van der Waals surface area contributed by atoms with E-state index in [1.165, 1.54) is 32.6 Å². The summed E-state index contributed by atoms with van der Waals surface area (Å²) in [5.74, 6) is 0.616. The standard InChI is InChI=1S/C13H29N3O/c1-3-17-10-9-15-5-4-6-16(8-7-15)12-13(2)11-14/h13H,3-12,14H2,1-2H3. The molecule has 0 aromatic carbocycles. The molecule has 4 nitrogen and oxygen atoms in total. The van der Waals surface area contributed by atoms with E-state index in [1.54, 1.807) is 0 Å². The van der Waals surface area contributed by atoms with Crippen LogP contribution in [0.5, 0.6) is 0 Å². The molecule has 1 heterocycles. The third-order valence-corrected chi connectivity index (χ3v) is 3.41. The van der Waals surface area contributed by atoms with Gasteiger partial charge in [-0.2, -0.15) is 0 Å². The second-order valence-corrected chi connectivity index (χ2v) is 5.03. The van der Waals surface area contributed by atoms with Gasteiger partial charge in [0.2, 0.25) is 0 Å². The predicted octanol–water partition coefficient (Wildman–Crippen LogP) is 0.625. The van der Waals surface area contributed by atoms with Crippen LogP contribution in [0.4, 0.5) is 0 Å². The van der Waals surface area contributed by atoms with Crippen LogP contribution in [-0.2, 0) is 4.74 Å². The van der Waals surface area contributed by atoms with E-state index in [2.05, 4.69) is 23.6 Å². The number of nitrogens with zero attached hydrogens (tertiary/aromatic N) is 2. The van der Waals surface area contributed by atoms with Crippen LogP contribution in [-0.4, -0.2) is 68.8 Å². The van der Waals surface area contributed by atoms with Crippen LogP contribution in [0, 0.1) is 5.92 Å². The quantitative estimate of drug-likeness (QED) is 0.666. The number of nitrogens with two attached hydrogens (primary N) is 1. The number of hydrogen-bond acceptors (Lipinski definition) is 4. The highest BCUT2D eigenvalue weighted by atomic mass is 16.5. The summed E-state index contributed by atoms with van der Waals surface area (Å²) < 4.78 is 5.41. The zero-order valence-electron chi connectivity index (χ0n) is 11.5. The van der Waals surface area contributed by atoms with Gasteiger partial charge in [-0.05, 0) is 38.9 Å². The molecule has 1 aliphatic rings. The minimum absolute atomic E-state index is 0.616. The lowest BCUT2D eigenvalue weighted by Gasteiger charge is -2.23. The third kappa shape index (κ3) is 6.36. The molecule has 102 valence electrons. The number of hydrogen-bond donors (Lipinski definition) is 1. The smallest absolute Gasteiger partial charge is 0.0593 e. The largest absolute Gasteiger partial charge is 0.380 e. The van der Waals surface area contributed by atoms with E-state index in [1.807, 2.05) is 0 Å². The molecule has 0 saturated carbocycles. The molecular weight excluding hydrogens is 214 g/mol. The van der Waals surface area contributed by atoms with Crippen LogP contribution in [0.2, 0.25) is 0 Å². The molecule has 17 heavy (non-hydrogen) atoms. The molecule has 4 heteroatoms. The van der Waals surface area contributed by atoms with E-state index in [9.17, 15) is 0 Å². The van der Waals surface area contributed by atoms with Gasteiger partial charge in [0, 0.05) is 32.8 Å². The fourth-order valence-corrected chi connectivity index (χ4v) is 2.28. The fraction of sp³-hybridized carbons (Fsp3) is 1.00. The Labute approximate surface area is 106 Å². The van der Waals surface area contributed by atoms with Crippen molar-refractivity contribution in [3.05, 3.63) is 0 Å². The Balaban J connectivity index is 2.19. The van der Waals surface area contributed by atoms with Crippen molar-refractivity contribution >= 4 is 0 Å². The predicted molar refractivity (Wildman–Crippen MR) is 72.2 cm³/mol. The van der Waals surface area contributed by atoms with E-state index in [-0.39, 0.29) is 0 Å². The molecule has 0 spiro atoms. The van der Waals surface area contributed by atoms with Gasteiger partial charge < -0.3 is 15.4 Å². The summed E-state index contributed by atoms with van der Waals surface area (Å²) in [5, 5.41) is 0. The number of ether oxygens (including phenoxy) is 1. The topological polar surface area (TPSA) is 41.7 Å². The molecule has 0 bridgehead atoms. The summed E-state index contributed by atoms with van der Waals surface area (Å²) in [5.41, 5.74) is 5.68. The van der Waals surface area contributed by atoms with Crippen molar-refractivity contribution in [1.82, 2.24) is 9.80 Å². The normalized spacial score (nSPS) is 21.4. The molecule has 1 saturated heterocycles. The zero-order valence-corrected chi connectivity index (χ0v) is 11.5. The van der Waals surface area contributed by atoms with Crippen molar-refractivity contribution in [1.29, 1.82) is 0 Å². The average Bonchev–Trinajstić information content (AvgIpc) is 2.55. The average molecular weight is 243 g/mol. The highest BCUT2D eigenvalue weighted by Crippen LogP contribution is 2.05. The van der Waals surface area contributed by atoms with Crippen molar-refractivity contribution in [3.8, 4) is 0 Å². The lowest BCUT2D eigenvalue weighted by atomic mass is 10.1. The summed E-state index contributed by atoms with van der Waals surface area (Å²) >= 11 is 0. The van der Waals surface area contributed by atoms with Gasteiger partial charge in [0.05, 0.1) is 6.61 Å². The summed E-state index contributed by atoms with van der Waals surface area (Å²) in [6.07, 6.45) is 1.27. The first-order valence-electron chi connectivity index (χ1n) is 6.98. The maximum Gasteiger partial charge on any atom is 0.0593 e. The highest BCUT2D eigenvalue weighted by Gasteiger charge is 2.15. The second kappa shape index (κ2) is 8.86. The van der Waals surface area contributed by atoms with E-state index in [4.69, 9.17) is 10.5 Å². The monoisotopic (exact) mass is 243 g/mol. The van der Waals surface area contributed by atoms with Crippen LogP contribution in [0.1, 0.15) is 20.3 Å². The Morgan fingerprint density at radius 3 is 2.59 bits per heavy atom. The molecule has 0 amide bonds. The van der Waals surface area contributed by atoms with Gasteiger partial charge in [-0.15, -0.1) is 0 Å². The number of rotatable bonds is 7. The van der Waals surface area contributed by atoms with Crippen molar-refractivity contribution in [2.45, 2.75) is 20.3 Å². The van der Waals surface area contributed by atoms with Gasteiger partial charge >= 0.3 is 0 Å². The van der Waals surface area contributed by atoms with E-state index in [0.717, 1.165) is 32.8 Å². The van der Waals surface area contributed by atoms with Crippen molar-refractivity contribution in [3.63, 3.8) is 0 Å². The molecule has 2 N–H and O–H groups in total. The van der Waals surface area contributed by atoms with Crippen molar-refractivity contribution in [2.75, 3.05) is 59.0 Å². The van der Waals surface area contributed by atoms with Gasteiger partial charge in [0.1, 0.15) is 0 Å². The maximum atomic E-state index is 5.68. The van der Waals surface area contributed by atoms with Crippen molar-refractivity contribution < 1.29 is 4.74 Å². The van der Waals surface area contributed by atoms with Gasteiger partial charge in [-0.25, -0.2) is 0 Å². The Bertz CT molecular complexity index is 190. The first-order chi connectivity index (χ1) is 8.26. The lowest BCUT2D eigenvalue weighted by Crippen LogP contribution is -2.36. The van der Waals surface area contributed by atoms with Gasteiger partial charge in [0.25, 0.3) is 0 Å².